The maximum absolute atomic E-state index is 5.51. The topological polar surface area (TPSA) is 74.9 Å². The van der Waals surface area contributed by atoms with Gasteiger partial charge in [0.2, 0.25) is 0 Å². The van der Waals surface area contributed by atoms with Crippen LogP contribution in [0.2, 0.25) is 0 Å². The first-order valence-electron chi connectivity index (χ1n) is 10.3. The zero-order valence-corrected chi connectivity index (χ0v) is 20.4. The number of aromatic nitrogens is 1. The average Bonchev–Trinajstić information content (AvgIpc) is 3.09. The summed E-state index contributed by atoms with van der Waals surface area (Å²) in [5.74, 6) is 2.44. The Bertz CT molecular complexity index is 564. The summed E-state index contributed by atoms with van der Waals surface area (Å²) < 4.78 is 11.0. The lowest BCUT2D eigenvalue weighted by Crippen LogP contribution is -2.51. The quantitative estimate of drug-likeness (QED) is 0.304. The number of nitrogens with zero attached hydrogens (tertiary/aromatic N) is 3. The minimum absolute atomic E-state index is 0. The molecular formula is C20H38IN5O2. The lowest BCUT2D eigenvalue weighted by Gasteiger charge is -2.35. The van der Waals surface area contributed by atoms with E-state index in [0.29, 0.717) is 18.5 Å². The van der Waals surface area contributed by atoms with E-state index < -0.39 is 0 Å². The molecule has 8 heteroatoms. The Morgan fingerprint density at radius 2 is 1.89 bits per heavy atom. The van der Waals surface area contributed by atoms with E-state index in [2.05, 4.69) is 53.4 Å². The standard InChI is InChI=1S/C20H37N5O2.HI/c1-6-18-17(19(7-2)27-24-18)14-23-20(21-5)22-13-16(12-15(3)4)25-8-10-26-11-9-25;/h15-16H,6-14H2,1-5H3,(H2,21,22,23);1H. The fraction of sp³-hybridized carbons (Fsp3) is 0.800. The number of hydrogen-bond donors (Lipinski definition) is 2. The second kappa shape index (κ2) is 13.4. The largest absolute Gasteiger partial charge is 0.379 e. The van der Waals surface area contributed by atoms with E-state index in [-0.39, 0.29) is 24.0 Å². The third kappa shape index (κ3) is 7.51. The zero-order chi connectivity index (χ0) is 19.6. The van der Waals surface area contributed by atoms with Crippen LogP contribution in [0.3, 0.4) is 0 Å². The Hall–Kier alpha value is -0.870. The van der Waals surface area contributed by atoms with Crippen LogP contribution in [0.5, 0.6) is 0 Å². The van der Waals surface area contributed by atoms with Crippen molar-refractivity contribution >= 4 is 29.9 Å². The highest BCUT2D eigenvalue weighted by Gasteiger charge is 2.22. The molecule has 2 rings (SSSR count). The molecule has 7 nitrogen and oxygen atoms in total. The first kappa shape index (κ1) is 25.2. The van der Waals surface area contributed by atoms with E-state index in [9.17, 15) is 0 Å². The van der Waals surface area contributed by atoms with Crippen molar-refractivity contribution in [1.29, 1.82) is 0 Å². The summed E-state index contributed by atoms with van der Waals surface area (Å²) in [7, 11) is 1.82. The number of hydrogen-bond acceptors (Lipinski definition) is 5. The highest BCUT2D eigenvalue weighted by molar-refractivity contribution is 14.0. The number of rotatable bonds is 9. The monoisotopic (exact) mass is 507 g/mol. The van der Waals surface area contributed by atoms with Crippen LogP contribution < -0.4 is 10.6 Å². The van der Waals surface area contributed by atoms with Crippen LogP contribution in [0.25, 0.3) is 0 Å². The summed E-state index contributed by atoms with van der Waals surface area (Å²) in [5, 5.41) is 11.1. The first-order valence-corrected chi connectivity index (χ1v) is 10.3. The van der Waals surface area contributed by atoms with E-state index in [4.69, 9.17) is 9.26 Å². The fourth-order valence-electron chi connectivity index (χ4n) is 3.59. The molecule has 2 N–H and O–H groups in total. The number of halogens is 1. The zero-order valence-electron chi connectivity index (χ0n) is 18.1. The molecule has 162 valence electrons. The van der Waals surface area contributed by atoms with E-state index in [1.54, 1.807) is 0 Å². The van der Waals surface area contributed by atoms with Gasteiger partial charge in [0.15, 0.2) is 5.96 Å². The molecule has 1 aromatic heterocycles. The summed E-state index contributed by atoms with van der Waals surface area (Å²) in [4.78, 5) is 6.93. The van der Waals surface area contributed by atoms with Crippen LogP contribution in [0.15, 0.2) is 9.52 Å². The predicted octanol–water partition coefficient (Wildman–Crippen LogP) is 2.83. The molecule has 1 saturated heterocycles. The van der Waals surface area contributed by atoms with Gasteiger partial charge in [0, 0.05) is 51.3 Å². The highest BCUT2D eigenvalue weighted by atomic mass is 127. The SMILES string of the molecule is CCc1noc(CC)c1CNC(=NC)NCC(CC(C)C)N1CCOCC1.I. The van der Waals surface area contributed by atoms with Gasteiger partial charge in [-0.15, -0.1) is 24.0 Å². The van der Waals surface area contributed by atoms with Crippen LogP contribution in [0.1, 0.15) is 51.1 Å². The van der Waals surface area contributed by atoms with E-state index >= 15 is 0 Å². The molecule has 1 fully saturated rings. The van der Waals surface area contributed by atoms with Gasteiger partial charge in [-0.1, -0.05) is 32.9 Å². The third-order valence-electron chi connectivity index (χ3n) is 5.07. The Kier molecular flexibility index (Phi) is 12.0. The van der Waals surface area contributed by atoms with Crippen molar-refractivity contribution in [2.75, 3.05) is 39.9 Å². The van der Waals surface area contributed by atoms with Gasteiger partial charge in [0.1, 0.15) is 5.76 Å². The normalized spacial score (nSPS) is 16.7. The van der Waals surface area contributed by atoms with Crippen molar-refractivity contribution in [1.82, 2.24) is 20.7 Å². The van der Waals surface area contributed by atoms with Crippen molar-refractivity contribution in [3.8, 4) is 0 Å². The minimum Gasteiger partial charge on any atom is -0.379 e. The predicted molar refractivity (Wildman–Crippen MR) is 125 cm³/mol. The smallest absolute Gasteiger partial charge is 0.191 e. The molecule has 1 aliphatic rings. The van der Waals surface area contributed by atoms with Crippen LogP contribution in [-0.4, -0.2) is 62.0 Å². The summed E-state index contributed by atoms with van der Waals surface area (Å²) in [5.41, 5.74) is 2.19. The van der Waals surface area contributed by atoms with Gasteiger partial charge < -0.3 is 19.9 Å². The Morgan fingerprint density at radius 1 is 1.18 bits per heavy atom. The average molecular weight is 507 g/mol. The van der Waals surface area contributed by atoms with Crippen molar-refractivity contribution in [3.05, 3.63) is 17.0 Å². The Morgan fingerprint density at radius 3 is 2.46 bits per heavy atom. The summed E-state index contributed by atoms with van der Waals surface area (Å²) in [6.45, 7) is 14.0. The second-order valence-corrected chi connectivity index (χ2v) is 7.48. The number of ether oxygens (including phenoxy) is 1. The van der Waals surface area contributed by atoms with Gasteiger partial charge in [-0.05, 0) is 18.8 Å². The van der Waals surface area contributed by atoms with Crippen molar-refractivity contribution in [3.63, 3.8) is 0 Å². The van der Waals surface area contributed by atoms with Crippen molar-refractivity contribution in [2.24, 2.45) is 10.9 Å². The van der Waals surface area contributed by atoms with E-state index in [1.165, 1.54) is 0 Å². The molecule has 2 heterocycles. The fourth-order valence-corrected chi connectivity index (χ4v) is 3.59. The van der Waals surface area contributed by atoms with Crippen LogP contribution in [0.4, 0.5) is 0 Å². The highest BCUT2D eigenvalue weighted by Crippen LogP contribution is 2.16. The molecule has 1 atom stereocenters. The van der Waals surface area contributed by atoms with Crippen molar-refractivity contribution < 1.29 is 9.26 Å². The number of morpholine rings is 1. The van der Waals surface area contributed by atoms with Crippen LogP contribution in [-0.2, 0) is 24.1 Å². The maximum atomic E-state index is 5.51. The first-order chi connectivity index (χ1) is 13.1. The second-order valence-electron chi connectivity index (χ2n) is 7.48. The number of guanidine groups is 1. The number of aliphatic imine (C=N–C) groups is 1. The molecule has 1 unspecified atom stereocenters. The van der Waals surface area contributed by atoms with Gasteiger partial charge in [-0.3, -0.25) is 9.89 Å². The van der Waals surface area contributed by atoms with Gasteiger partial charge in [0.05, 0.1) is 18.9 Å². The molecule has 0 radical (unpaired) electrons. The number of aryl methyl sites for hydroxylation is 2. The van der Waals surface area contributed by atoms with Gasteiger partial charge in [-0.25, -0.2) is 0 Å². The molecule has 1 aliphatic heterocycles. The minimum atomic E-state index is 0. The molecule has 0 aliphatic carbocycles. The van der Waals surface area contributed by atoms with Crippen LogP contribution in [0, 0.1) is 5.92 Å². The summed E-state index contributed by atoms with van der Waals surface area (Å²) in [6.07, 6.45) is 2.89. The molecule has 0 saturated carbocycles. The van der Waals surface area contributed by atoms with Crippen molar-refractivity contribution in [2.45, 2.75) is 59.5 Å². The molecular weight excluding hydrogens is 469 g/mol. The van der Waals surface area contributed by atoms with Gasteiger partial charge >= 0.3 is 0 Å². The summed E-state index contributed by atoms with van der Waals surface area (Å²) >= 11 is 0. The molecule has 0 bridgehead atoms. The lowest BCUT2D eigenvalue weighted by molar-refractivity contribution is 0.0132. The van der Waals surface area contributed by atoms with E-state index in [1.807, 2.05) is 7.05 Å². The van der Waals surface area contributed by atoms with E-state index in [0.717, 1.165) is 75.1 Å². The number of nitrogens with one attached hydrogen (secondary N) is 2. The Balaban J connectivity index is 0.00000392. The molecule has 0 amide bonds. The van der Waals surface area contributed by atoms with Crippen LogP contribution >= 0.6 is 24.0 Å². The lowest BCUT2D eigenvalue weighted by atomic mass is 10.0. The van der Waals surface area contributed by atoms with Gasteiger partial charge in [-0.2, -0.15) is 0 Å². The maximum Gasteiger partial charge on any atom is 0.191 e. The molecule has 0 aromatic carbocycles. The molecule has 1 aromatic rings. The molecule has 0 spiro atoms. The van der Waals surface area contributed by atoms with Gasteiger partial charge in [0.25, 0.3) is 0 Å². The third-order valence-corrected chi connectivity index (χ3v) is 5.07. The molecule has 28 heavy (non-hydrogen) atoms. The Labute approximate surface area is 187 Å². The summed E-state index contributed by atoms with van der Waals surface area (Å²) in [6, 6.07) is 0.487.